The molecule has 0 bridgehead atoms. The summed E-state index contributed by atoms with van der Waals surface area (Å²) in [6.07, 6.45) is 6.02. The summed E-state index contributed by atoms with van der Waals surface area (Å²) >= 11 is 0. The first-order valence-electron chi connectivity index (χ1n) is 6.14. The zero-order chi connectivity index (χ0) is 12.3. The summed E-state index contributed by atoms with van der Waals surface area (Å²) in [4.78, 5) is 11.0. The molecule has 2 rings (SSSR count). The highest BCUT2D eigenvalue weighted by molar-refractivity contribution is 5.87. The van der Waals surface area contributed by atoms with Crippen LogP contribution < -0.4 is 0 Å². The van der Waals surface area contributed by atoms with Crippen molar-refractivity contribution in [1.29, 1.82) is 0 Å². The molecule has 1 fully saturated rings. The summed E-state index contributed by atoms with van der Waals surface area (Å²) in [6, 6.07) is 7.49. The van der Waals surface area contributed by atoms with E-state index >= 15 is 0 Å². The minimum atomic E-state index is 0.156. The monoisotopic (exact) mass is 230 g/mol. The molecule has 2 heteroatoms. The molecule has 17 heavy (non-hydrogen) atoms. The first kappa shape index (κ1) is 11.9. The molecule has 0 atom stereocenters. The Morgan fingerprint density at radius 1 is 1.24 bits per heavy atom. The molecular formula is C15H18O2. The van der Waals surface area contributed by atoms with Gasteiger partial charge in [0.1, 0.15) is 5.75 Å². The maximum atomic E-state index is 11.0. The second-order valence-electron chi connectivity index (χ2n) is 4.78. The SMILES string of the molecule is CC(=O)C=C1CCC(c2ccc(O)cc2)CC1. The molecule has 1 aliphatic rings. The number of hydrogen-bond donors (Lipinski definition) is 1. The molecule has 90 valence electrons. The summed E-state index contributed by atoms with van der Waals surface area (Å²) in [5, 5.41) is 9.25. The van der Waals surface area contributed by atoms with Crippen LogP contribution in [0.2, 0.25) is 0 Å². The molecule has 0 radical (unpaired) electrons. The van der Waals surface area contributed by atoms with Gasteiger partial charge in [0.05, 0.1) is 0 Å². The van der Waals surface area contributed by atoms with Crippen LogP contribution >= 0.6 is 0 Å². The van der Waals surface area contributed by atoms with Crippen LogP contribution in [-0.2, 0) is 4.79 Å². The summed E-state index contributed by atoms with van der Waals surface area (Å²) in [6.45, 7) is 1.61. The Morgan fingerprint density at radius 2 is 1.82 bits per heavy atom. The van der Waals surface area contributed by atoms with Gasteiger partial charge < -0.3 is 5.11 Å². The molecule has 2 nitrogen and oxygen atoms in total. The molecule has 0 heterocycles. The third-order valence-corrected chi connectivity index (χ3v) is 3.40. The third kappa shape index (κ3) is 3.19. The minimum absolute atomic E-state index is 0.156. The lowest BCUT2D eigenvalue weighted by Crippen LogP contribution is -2.07. The average Bonchev–Trinajstić information content (AvgIpc) is 2.30. The van der Waals surface area contributed by atoms with Gasteiger partial charge >= 0.3 is 0 Å². The Labute approximate surface area is 102 Å². The highest BCUT2D eigenvalue weighted by atomic mass is 16.3. The molecular weight excluding hydrogens is 212 g/mol. The predicted molar refractivity (Wildman–Crippen MR) is 68.1 cm³/mol. The van der Waals surface area contributed by atoms with Gasteiger partial charge in [-0.15, -0.1) is 0 Å². The first-order chi connectivity index (χ1) is 8.15. The number of ketones is 1. The largest absolute Gasteiger partial charge is 0.508 e. The molecule has 0 aliphatic heterocycles. The van der Waals surface area contributed by atoms with Gasteiger partial charge in [-0.3, -0.25) is 4.79 Å². The average molecular weight is 230 g/mol. The normalized spacial score (nSPS) is 20.1. The van der Waals surface area contributed by atoms with E-state index < -0.39 is 0 Å². The lowest BCUT2D eigenvalue weighted by Gasteiger charge is -2.24. The van der Waals surface area contributed by atoms with E-state index in [1.54, 1.807) is 25.1 Å². The number of hydrogen-bond acceptors (Lipinski definition) is 2. The van der Waals surface area contributed by atoms with Gasteiger partial charge in [-0.2, -0.15) is 0 Å². The van der Waals surface area contributed by atoms with Crippen molar-refractivity contribution in [3.8, 4) is 5.75 Å². The topological polar surface area (TPSA) is 37.3 Å². The van der Waals surface area contributed by atoms with Crippen LogP contribution in [0.1, 0.15) is 44.1 Å². The van der Waals surface area contributed by atoms with E-state index in [2.05, 4.69) is 0 Å². The fourth-order valence-corrected chi connectivity index (χ4v) is 2.50. The molecule has 0 saturated heterocycles. The Morgan fingerprint density at radius 3 is 2.35 bits per heavy atom. The van der Waals surface area contributed by atoms with Gasteiger partial charge in [-0.05, 0) is 62.3 Å². The third-order valence-electron chi connectivity index (χ3n) is 3.40. The van der Waals surface area contributed by atoms with Gasteiger partial charge in [0, 0.05) is 0 Å². The summed E-state index contributed by atoms with van der Waals surface area (Å²) < 4.78 is 0. The number of benzene rings is 1. The Balaban J connectivity index is 1.99. The smallest absolute Gasteiger partial charge is 0.152 e. The first-order valence-corrected chi connectivity index (χ1v) is 6.14. The van der Waals surface area contributed by atoms with Crippen LogP contribution in [0.25, 0.3) is 0 Å². The van der Waals surface area contributed by atoms with E-state index in [9.17, 15) is 9.90 Å². The van der Waals surface area contributed by atoms with Crippen molar-refractivity contribution in [1.82, 2.24) is 0 Å². The number of allylic oxidation sites excluding steroid dienone is 2. The van der Waals surface area contributed by atoms with Crippen LogP contribution in [-0.4, -0.2) is 10.9 Å². The molecule has 0 spiro atoms. The quantitative estimate of drug-likeness (QED) is 0.789. The maximum absolute atomic E-state index is 11.0. The lowest BCUT2D eigenvalue weighted by atomic mass is 9.81. The molecule has 1 aromatic rings. The zero-order valence-corrected chi connectivity index (χ0v) is 10.1. The number of phenols is 1. The van der Waals surface area contributed by atoms with E-state index in [4.69, 9.17) is 0 Å². The maximum Gasteiger partial charge on any atom is 0.152 e. The van der Waals surface area contributed by atoms with Crippen LogP contribution in [0.4, 0.5) is 0 Å². The highest BCUT2D eigenvalue weighted by Crippen LogP contribution is 2.35. The van der Waals surface area contributed by atoms with E-state index in [1.807, 2.05) is 12.1 Å². The van der Waals surface area contributed by atoms with Crippen molar-refractivity contribution in [3.05, 3.63) is 41.5 Å². The van der Waals surface area contributed by atoms with Gasteiger partial charge in [0.15, 0.2) is 5.78 Å². The summed E-state index contributed by atoms with van der Waals surface area (Å²) in [5.74, 6) is 1.05. The standard InChI is InChI=1S/C15H18O2/c1-11(16)10-12-2-4-13(5-3-12)14-6-8-15(17)9-7-14/h6-10,13,17H,2-5H2,1H3. The van der Waals surface area contributed by atoms with Crippen LogP contribution in [0.15, 0.2) is 35.9 Å². The molecule has 1 aromatic carbocycles. The second kappa shape index (κ2) is 5.17. The van der Waals surface area contributed by atoms with E-state index in [-0.39, 0.29) is 5.78 Å². The molecule has 0 amide bonds. The fraction of sp³-hybridized carbons (Fsp3) is 0.400. The van der Waals surface area contributed by atoms with Crippen LogP contribution in [0.5, 0.6) is 5.75 Å². The molecule has 1 aliphatic carbocycles. The van der Waals surface area contributed by atoms with Gasteiger partial charge in [-0.1, -0.05) is 17.7 Å². The van der Waals surface area contributed by atoms with Crippen molar-refractivity contribution in [2.75, 3.05) is 0 Å². The summed E-state index contributed by atoms with van der Waals surface area (Å²) in [5.41, 5.74) is 2.58. The fourth-order valence-electron chi connectivity index (χ4n) is 2.50. The molecule has 1 N–H and O–H groups in total. The zero-order valence-electron chi connectivity index (χ0n) is 10.1. The minimum Gasteiger partial charge on any atom is -0.508 e. The van der Waals surface area contributed by atoms with Crippen molar-refractivity contribution in [3.63, 3.8) is 0 Å². The van der Waals surface area contributed by atoms with E-state index in [1.165, 1.54) is 11.1 Å². The van der Waals surface area contributed by atoms with Crippen LogP contribution in [0.3, 0.4) is 0 Å². The van der Waals surface area contributed by atoms with Gasteiger partial charge in [0.25, 0.3) is 0 Å². The second-order valence-corrected chi connectivity index (χ2v) is 4.78. The Bertz CT molecular complexity index is 419. The van der Waals surface area contributed by atoms with Gasteiger partial charge in [0.2, 0.25) is 0 Å². The number of aromatic hydroxyl groups is 1. The van der Waals surface area contributed by atoms with Gasteiger partial charge in [-0.25, -0.2) is 0 Å². The van der Waals surface area contributed by atoms with Crippen molar-refractivity contribution >= 4 is 5.78 Å². The predicted octanol–water partition coefficient (Wildman–Crippen LogP) is 3.57. The molecule has 0 unspecified atom stereocenters. The van der Waals surface area contributed by atoms with Crippen LogP contribution in [0, 0.1) is 0 Å². The molecule has 1 saturated carbocycles. The number of rotatable bonds is 2. The van der Waals surface area contributed by atoms with E-state index in [0.29, 0.717) is 11.7 Å². The van der Waals surface area contributed by atoms with Crippen molar-refractivity contribution < 1.29 is 9.90 Å². The highest BCUT2D eigenvalue weighted by Gasteiger charge is 2.18. The number of carbonyl (C=O) groups excluding carboxylic acids is 1. The lowest BCUT2D eigenvalue weighted by molar-refractivity contribution is -0.112. The Hall–Kier alpha value is -1.57. The number of phenolic OH excluding ortho intramolecular Hbond substituents is 1. The van der Waals surface area contributed by atoms with Crippen molar-refractivity contribution in [2.24, 2.45) is 0 Å². The van der Waals surface area contributed by atoms with Crippen molar-refractivity contribution in [2.45, 2.75) is 38.5 Å². The summed E-state index contributed by atoms with van der Waals surface area (Å²) in [7, 11) is 0. The molecule has 0 aromatic heterocycles. The Kier molecular flexibility index (Phi) is 3.62. The van der Waals surface area contributed by atoms with E-state index in [0.717, 1.165) is 25.7 Å². The number of carbonyl (C=O) groups is 1.